The highest BCUT2D eigenvalue weighted by molar-refractivity contribution is 7.17. The number of nitrogens with one attached hydrogen (secondary N) is 1. The normalized spacial score (nSPS) is 13.5. The van der Waals surface area contributed by atoms with Crippen molar-refractivity contribution in [2.45, 2.75) is 32.9 Å². The maximum absolute atomic E-state index is 13.5. The van der Waals surface area contributed by atoms with E-state index < -0.39 is 5.91 Å². The average molecular weight is 513 g/mol. The molecule has 0 bridgehead atoms. The van der Waals surface area contributed by atoms with E-state index >= 15 is 0 Å². The number of nitrogens with two attached hydrogens (primary N) is 1. The summed E-state index contributed by atoms with van der Waals surface area (Å²) in [6, 6.07) is 13.8. The highest BCUT2D eigenvalue weighted by Crippen LogP contribution is 2.38. The first-order chi connectivity index (χ1) is 15.9. The summed E-state index contributed by atoms with van der Waals surface area (Å²) in [5, 5.41) is 6.29. The summed E-state index contributed by atoms with van der Waals surface area (Å²) in [4.78, 5) is 35.1. The number of aromatic nitrogens is 1. The molecule has 1 aliphatic heterocycles. The van der Waals surface area contributed by atoms with E-state index in [2.05, 4.69) is 24.1 Å². The van der Waals surface area contributed by atoms with Gasteiger partial charge in [-0.25, -0.2) is 4.98 Å². The summed E-state index contributed by atoms with van der Waals surface area (Å²) >= 11 is 3.03. The van der Waals surface area contributed by atoms with Crippen LogP contribution in [0.15, 0.2) is 47.8 Å². The molecule has 0 radical (unpaired) electrons. The number of hydrogen-bond acceptors (Lipinski definition) is 6. The maximum atomic E-state index is 13.5. The highest BCUT2D eigenvalue weighted by atomic mass is 35.5. The smallest absolute Gasteiger partial charge is 0.257 e. The first-order valence-corrected chi connectivity index (χ1v) is 12.6. The van der Waals surface area contributed by atoms with Gasteiger partial charge < -0.3 is 11.1 Å². The first-order valence-electron chi connectivity index (χ1n) is 10.9. The number of para-hydroxylation sites is 1. The Balaban J connectivity index is 0.00000274. The van der Waals surface area contributed by atoms with Crippen molar-refractivity contribution in [2.75, 3.05) is 11.9 Å². The third-order valence-electron chi connectivity index (χ3n) is 6.02. The van der Waals surface area contributed by atoms with Crippen LogP contribution in [0.4, 0.5) is 5.00 Å². The molecular formula is C25H25ClN4O2S2. The number of carbonyl (C=O) groups excluding carboxylic acids is 2. The van der Waals surface area contributed by atoms with Crippen LogP contribution in [-0.4, -0.2) is 34.3 Å². The number of halogens is 1. The van der Waals surface area contributed by atoms with E-state index in [-0.39, 0.29) is 18.3 Å². The molecule has 0 fully saturated rings. The average Bonchev–Trinajstić information content (AvgIpc) is 3.45. The molecule has 3 N–H and O–H groups in total. The molecule has 4 aromatic rings. The lowest BCUT2D eigenvalue weighted by Gasteiger charge is -2.30. The second kappa shape index (κ2) is 9.84. The van der Waals surface area contributed by atoms with Crippen LogP contribution in [0.3, 0.4) is 0 Å². The third-order valence-corrected chi connectivity index (χ3v) is 8.05. The van der Waals surface area contributed by atoms with Crippen molar-refractivity contribution in [2.24, 2.45) is 5.73 Å². The first kappa shape index (κ1) is 24.3. The molecule has 6 nitrogen and oxygen atoms in total. The van der Waals surface area contributed by atoms with Crippen LogP contribution in [0.5, 0.6) is 0 Å². The maximum Gasteiger partial charge on any atom is 0.257 e. The Kier molecular flexibility index (Phi) is 7.04. The number of benzene rings is 1. The number of nitrogens with zero attached hydrogens (tertiary/aromatic N) is 2. The van der Waals surface area contributed by atoms with Crippen molar-refractivity contribution in [3.8, 4) is 10.6 Å². The summed E-state index contributed by atoms with van der Waals surface area (Å²) in [6.45, 7) is 5.95. The van der Waals surface area contributed by atoms with Gasteiger partial charge in [-0.15, -0.1) is 35.1 Å². The molecule has 2 amide bonds. The molecular weight excluding hydrogens is 488 g/mol. The number of carbonyl (C=O) groups is 2. The number of pyridine rings is 1. The van der Waals surface area contributed by atoms with Crippen molar-refractivity contribution in [3.63, 3.8) is 0 Å². The van der Waals surface area contributed by atoms with Crippen molar-refractivity contribution in [1.29, 1.82) is 0 Å². The van der Waals surface area contributed by atoms with Crippen LogP contribution in [0.2, 0.25) is 0 Å². The Morgan fingerprint density at radius 3 is 2.68 bits per heavy atom. The van der Waals surface area contributed by atoms with E-state index in [9.17, 15) is 9.59 Å². The molecule has 3 aromatic heterocycles. The van der Waals surface area contributed by atoms with Gasteiger partial charge in [-0.1, -0.05) is 24.3 Å². The van der Waals surface area contributed by atoms with Gasteiger partial charge in [0.05, 0.1) is 27.2 Å². The van der Waals surface area contributed by atoms with Crippen molar-refractivity contribution in [3.05, 3.63) is 69.4 Å². The molecule has 1 aliphatic rings. The molecule has 0 aliphatic carbocycles. The lowest BCUT2D eigenvalue weighted by atomic mass is 10.0. The number of hydrogen-bond donors (Lipinski definition) is 2. The van der Waals surface area contributed by atoms with Crippen LogP contribution in [0, 0.1) is 0 Å². The molecule has 0 saturated heterocycles. The Morgan fingerprint density at radius 2 is 1.97 bits per heavy atom. The summed E-state index contributed by atoms with van der Waals surface area (Å²) in [6.07, 6.45) is 0.749. The highest BCUT2D eigenvalue weighted by Gasteiger charge is 2.29. The fourth-order valence-corrected chi connectivity index (χ4v) is 6.26. The molecule has 0 unspecified atom stereocenters. The SMILES string of the molecule is CC(C)N1CCc2c(sc(NC(=O)c3cc(-c4cccs4)nc4ccccc34)c2C(N)=O)C1.Cl. The van der Waals surface area contributed by atoms with E-state index in [1.807, 2.05) is 47.8 Å². The summed E-state index contributed by atoms with van der Waals surface area (Å²) in [7, 11) is 0. The second-order valence-electron chi connectivity index (χ2n) is 8.39. The summed E-state index contributed by atoms with van der Waals surface area (Å²) in [5.41, 5.74) is 9.21. The molecule has 176 valence electrons. The van der Waals surface area contributed by atoms with Crippen LogP contribution >= 0.6 is 35.1 Å². The van der Waals surface area contributed by atoms with Crippen LogP contribution < -0.4 is 11.1 Å². The minimum atomic E-state index is -0.500. The summed E-state index contributed by atoms with van der Waals surface area (Å²) in [5.74, 6) is -0.770. The van der Waals surface area contributed by atoms with Gasteiger partial charge in [0.2, 0.25) is 0 Å². The van der Waals surface area contributed by atoms with Crippen LogP contribution in [0.1, 0.15) is 45.0 Å². The molecule has 9 heteroatoms. The van der Waals surface area contributed by atoms with Crippen molar-refractivity contribution < 1.29 is 9.59 Å². The largest absolute Gasteiger partial charge is 0.365 e. The Morgan fingerprint density at radius 1 is 1.18 bits per heavy atom. The summed E-state index contributed by atoms with van der Waals surface area (Å²) < 4.78 is 0. The van der Waals surface area contributed by atoms with E-state index in [0.717, 1.165) is 51.4 Å². The van der Waals surface area contributed by atoms with E-state index in [1.165, 1.54) is 11.3 Å². The van der Waals surface area contributed by atoms with Gasteiger partial charge in [0.15, 0.2) is 0 Å². The minimum Gasteiger partial charge on any atom is -0.365 e. The Bertz CT molecular complexity index is 1370. The lowest BCUT2D eigenvalue weighted by Crippen LogP contribution is -2.35. The molecule has 4 heterocycles. The van der Waals surface area contributed by atoms with Crippen LogP contribution in [-0.2, 0) is 13.0 Å². The van der Waals surface area contributed by atoms with Gasteiger partial charge in [0.25, 0.3) is 11.8 Å². The predicted molar refractivity (Wildman–Crippen MR) is 142 cm³/mol. The van der Waals surface area contributed by atoms with Crippen molar-refractivity contribution in [1.82, 2.24) is 9.88 Å². The monoisotopic (exact) mass is 512 g/mol. The second-order valence-corrected chi connectivity index (χ2v) is 10.4. The van der Waals surface area contributed by atoms with Gasteiger partial charge in [0, 0.05) is 29.4 Å². The zero-order valence-electron chi connectivity index (χ0n) is 18.8. The molecule has 0 saturated carbocycles. The number of anilines is 1. The topological polar surface area (TPSA) is 88.3 Å². The van der Waals surface area contributed by atoms with Gasteiger partial charge in [0.1, 0.15) is 5.00 Å². The van der Waals surface area contributed by atoms with Gasteiger partial charge in [-0.05, 0) is 49.4 Å². The van der Waals surface area contributed by atoms with E-state index in [0.29, 0.717) is 22.2 Å². The molecule has 5 rings (SSSR count). The van der Waals surface area contributed by atoms with Gasteiger partial charge in [-0.3, -0.25) is 14.5 Å². The zero-order chi connectivity index (χ0) is 23.1. The zero-order valence-corrected chi connectivity index (χ0v) is 21.3. The Labute approximate surface area is 212 Å². The van der Waals surface area contributed by atoms with Crippen molar-refractivity contribution >= 4 is 62.8 Å². The number of fused-ring (bicyclic) bond motifs is 2. The third kappa shape index (κ3) is 4.46. The number of primary amides is 1. The van der Waals surface area contributed by atoms with Gasteiger partial charge in [-0.2, -0.15) is 0 Å². The fourth-order valence-electron chi connectivity index (χ4n) is 4.30. The van der Waals surface area contributed by atoms with E-state index in [1.54, 1.807) is 11.3 Å². The van der Waals surface area contributed by atoms with Gasteiger partial charge >= 0.3 is 0 Å². The fraction of sp³-hybridized carbons (Fsp3) is 0.240. The van der Waals surface area contributed by atoms with E-state index in [4.69, 9.17) is 10.7 Å². The molecule has 0 spiro atoms. The van der Waals surface area contributed by atoms with Crippen LogP contribution in [0.25, 0.3) is 21.5 Å². The molecule has 0 atom stereocenters. The Hall–Kier alpha value is -2.78. The predicted octanol–water partition coefficient (Wildman–Crippen LogP) is 5.56. The molecule has 1 aromatic carbocycles. The standard InChI is InChI=1S/C25H24N4O2S2.ClH/c1-14(2)29-10-9-16-21(13-29)33-25(22(16)23(26)30)28-24(31)17-12-19(20-8-5-11-32-20)27-18-7-4-3-6-15(17)18;/h3-8,11-12,14H,9-10,13H2,1-2H3,(H2,26,30)(H,28,31);1H. The number of amides is 2. The minimum absolute atomic E-state index is 0. The number of thiophene rings is 2. The number of rotatable bonds is 5. The quantitative estimate of drug-likeness (QED) is 0.366. The molecule has 34 heavy (non-hydrogen) atoms. The lowest BCUT2D eigenvalue weighted by molar-refractivity contribution is 0.0999.